The van der Waals surface area contributed by atoms with Gasteiger partial charge >= 0.3 is 17.4 Å². The first-order valence-electron chi connectivity index (χ1n) is 22.0. The van der Waals surface area contributed by atoms with Crippen LogP contribution in [-0.2, 0) is 52.8 Å². The summed E-state index contributed by atoms with van der Waals surface area (Å²) in [4.78, 5) is 55.1. The maximum Gasteiger partial charge on any atom is 0.508 e. The van der Waals surface area contributed by atoms with Gasteiger partial charge in [0.15, 0.2) is 14.4 Å². The van der Waals surface area contributed by atoms with Crippen molar-refractivity contribution in [1.29, 1.82) is 0 Å². The summed E-state index contributed by atoms with van der Waals surface area (Å²) in [7, 11) is -1.38. The van der Waals surface area contributed by atoms with Gasteiger partial charge in [-0.1, -0.05) is 148 Å². The molecular weight excluding hydrogens is 831 g/mol. The van der Waals surface area contributed by atoms with E-state index in [1.807, 2.05) is 67.6 Å². The first-order valence-corrected chi connectivity index (χ1v) is 25.9. The molecule has 0 bridgehead atoms. The first kappa shape index (κ1) is 51.2. The van der Waals surface area contributed by atoms with Crippen LogP contribution in [0.25, 0.3) is 0 Å². The second kappa shape index (κ2) is 22.4. The molecular formula is C47H71NO12SSi. The number of methoxy groups -OCH3 is 1. The highest BCUT2D eigenvalue weighted by molar-refractivity contribution is 8.13. The highest BCUT2D eigenvalue weighted by atomic mass is 32.2. The minimum absolute atomic E-state index is 0.120. The number of hydrogen-bond acceptors (Lipinski definition) is 13. The van der Waals surface area contributed by atoms with Gasteiger partial charge in [0.1, 0.15) is 37.1 Å². The Balaban J connectivity index is 1.82. The molecule has 2 aromatic rings. The molecule has 2 unspecified atom stereocenters. The fourth-order valence-electron chi connectivity index (χ4n) is 7.90. The summed E-state index contributed by atoms with van der Waals surface area (Å²) in [6.45, 7) is 19.9. The number of esters is 1. The normalized spacial score (nSPS) is 23.5. The molecule has 62 heavy (non-hydrogen) atoms. The summed E-state index contributed by atoms with van der Waals surface area (Å²) in [6.07, 6.45) is -0.342. The van der Waals surface area contributed by atoms with Crippen molar-refractivity contribution in [1.82, 2.24) is 5.32 Å². The van der Waals surface area contributed by atoms with Gasteiger partial charge in [0, 0.05) is 5.75 Å². The molecule has 0 aromatic heterocycles. The maximum absolute atomic E-state index is 14.6. The van der Waals surface area contributed by atoms with E-state index >= 15 is 0 Å². The molecule has 2 aliphatic heterocycles. The van der Waals surface area contributed by atoms with E-state index in [1.54, 1.807) is 0 Å². The van der Waals surface area contributed by atoms with E-state index in [-0.39, 0.29) is 24.7 Å². The highest BCUT2D eigenvalue weighted by Crippen LogP contribution is 2.48. The highest BCUT2D eigenvalue weighted by Gasteiger charge is 2.60. The lowest BCUT2D eigenvalue weighted by Gasteiger charge is -2.50. The number of ether oxygens (including phenoxy) is 7. The van der Waals surface area contributed by atoms with Crippen molar-refractivity contribution in [3.63, 3.8) is 0 Å². The lowest BCUT2D eigenvalue weighted by atomic mass is 9.68. The number of nitrogens with one attached hydrogen (secondary N) is 1. The molecule has 0 radical (unpaired) electrons. The summed E-state index contributed by atoms with van der Waals surface area (Å²) in [5, 5.41) is 2.15. The van der Waals surface area contributed by atoms with Gasteiger partial charge in [-0.25, -0.2) is 14.4 Å². The smallest absolute Gasteiger partial charge is 0.465 e. The number of cyclic esters (lactones) is 2. The molecule has 346 valence electrons. The molecule has 2 aliphatic rings. The van der Waals surface area contributed by atoms with Crippen LogP contribution in [0, 0.1) is 5.41 Å². The predicted octanol–water partition coefficient (Wildman–Crippen LogP) is 9.70. The van der Waals surface area contributed by atoms with Gasteiger partial charge in [0.2, 0.25) is 5.91 Å². The van der Waals surface area contributed by atoms with E-state index in [1.165, 1.54) is 7.11 Å². The number of carbonyl (C=O) groups is 4. The van der Waals surface area contributed by atoms with E-state index in [9.17, 15) is 19.2 Å². The van der Waals surface area contributed by atoms with Gasteiger partial charge in [0.05, 0.1) is 26.2 Å². The minimum Gasteiger partial charge on any atom is -0.465 e. The molecule has 4 rings (SSSR count). The Hall–Kier alpha value is -3.47. The third-order valence-corrected chi connectivity index (χ3v) is 17.2. The predicted molar refractivity (Wildman–Crippen MR) is 241 cm³/mol. The van der Waals surface area contributed by atoms with Crippen LogP contribution in [0.5, 0.6) is 0 Å². The zero-order chi connectivity index (χ0) is 45.8. The minimum atomic E-state index is -2.59. The Labute approximate surface area is 374 Å². The van der Waals surface area contributed by atoms with Crippen LogP contribution in [0.15, 0.2) is 60.7 Å². The van der Waals surface area contributed by atoms with Crippen molar-refractivity contribution in [2.45, 2.75) is 160 Å². The fourth-order valence-corrected chi connectivity index (χ4v) is 9.64. The molecule has 0 saturated carbocycles. The van der Waals surface area contributed by atoms with Gasteiger partial charge in [-0.15, -0.1) is 0 Å². The van der Waals surface area contributed by atoms with E-state index in [4.69, 9.17) is 37.6 Å². The van der Waals surface area contributed by atoms with Crippen LogP contribution in [0.2, 0.25) is 18.1 Å². The van der Waals surface area contributed by atoms with Crippen LogP contribution < -0.4 is 5.32 Å². The summed E-state index contributed by atoms with van der Waals surface area (Å²) in [6, 6.07) is 18.3. The molecule has 2 heterocycles. The van der Waals surface area contributed by atoms with Crippen LogP contribution >= 0.6 is 11.8 Å². The average Bonchev–Trinajstić information content (AvgIpc) is 3.21. The Morgan fingerprint density at radius 3 is 2.00 bits per heavy atom. The first-order chi connectivity index (χ1) is 29.2. The number of rotatable bonds is 20. The Kier molecular flexibility index (Phi) is 18.5. The average molecular weight is 902 g/mol. The summed E-state index contributed by atoms with van der Waals surface area (Å²) in [5.74, 6) is -3.16. The van der Waals surface area contributed by atoms with Crippen LogP contribution in [0.3, 0.4) is 0 Å². The zero-order valence-electron chi connectivity index (χ0n) is 38.7. The molecule has 2 saturated heterocycles. The van der Waals surface area contributed by atoms with Crippen LogP contribution in [0.1, 0.15) is 111 Å². The van der Waals surface area contributed by atoms with Gasteiger partial charge in [-0.05, 0) is 52.9 Å². The van der Waals surface area contributed by atoms with E-state index in [0.717, 1.165) is 55.0 Å². The van der Waals surface area contributed by atoms with Crippen molar-refractivity contribution in [3.8, 4) is 0 Å². The number of carbonyl (C=O) groups excluding carboxylic acids is 4. The van der Waals surface area contributed by atoms with E-state index < -0.39 is 85.5 Å². The van der Waals surface area contributed by atoms with Crippen molar-refractivity contribution in [3.05, 3.63) is 71.8 Å². The molecule has 6 atom stereocenters. The third kappa shape index (κ3) is 12.6. The van der Waals surface area contributed by atoms with E-state index in [2.05, 4.69) is 66.9 Å². The Morgan fingerprint density at radius 1 is 0.855 bits per heavy atom. The number of thioether (sulfide) groups is 1. The molecule has 15 heteroatoms. The Morgan fingerprint density at radius 2 is 1.45 bits per heavy atom. The largest absolute Gasteiger partial charge is 0.508 e. The molecule has 0 spiro atoms. The maximum atomic E-state index is 14.6. The third-order valence-electron chi connectivity index (χ3n) is 12.1. The van der Waals surface area contributed by atoms with Crippen LogP contribution in [0.4, 0.5) is 9.59 Å². The van der Waals surface area contributed by atoms with Crippen LogP contribution in [-0.4, -0.2) is 101 Å². The fraction of sp³-hybridized carbons (Fsp3) is 0.660. The SMILES string of the molecule is CCCCCCCCO[C@]1(C(=O)OC)C[C@H](OC(=O)SCC)[C@@H](NC(=O)COC(c2ccccc2)(c2ccccc2)C(C)(C)C)[C@H](C2OC(=O)OCC2O[Si](C)(C)C(C)(C)C)O1. The second-order valence-electron chi connectivity index (χ2n) is 18.6. The van der Waals surface area contributed by atoms with Crippen molar-refractivity contribution in [2.75, 3.05) is 32.7 Å². The monoisotopic (exact) mass is 901 g/mol. The molecule has 2 fully saturated rings. The lowest BCUT2D eigenvalue weighted by Crippen LogP contribution is -2.70. The second-order valence-corrected chi connectivity index (χ2v) is 24.5. The lowest BCUT2D eigenvalue weighted by molar-refractivity contribution is -0.314. The Bertz CT molecular complexity index is 1710. The number of amides is 1. The quantitative estimate of drug-likeness (QED) is 0.0581. The van der Waals surface area contributed by atoms with Gasteiger partial charge in [-0.3, -0.25) is 4.79 Å². The number of unbranched alkanes of at least 4 members (excludes halogenated alkanes) is 5. The van der Waals surface area contributed by atoms with Gasteiger partial charge in [0.25, 0.3) is 5.79 Å². The molecule has 0 aliphatic carbocycles. The molecule has 13 nitrogen and oxygen atoms in total. The standard InChI is InChI=1S/C47H71NO12SSi/c1-12-14-15-16-17-24-29-55-46(41(50)53-9)30-35(57-43(52)61-13-2)38(40(59-46)39-36(31-54-42(51)58-39)60-62(10,11)45(6,7)8)48-37(49)32-56-47(44(3,4)5,33-25-20-18-21-26-33)34-27-22-19-23-28-34/h18-23,25-28,35-36,38-40H,12-17,24,29-32H2,1-11H3,(H,48,49)/t35-,36?,38+,39?,40+,46+/m0/s1. The number of hydrogen-bond donors (Lipinski definition) is 1. The van der Waals surface area contributed by atoms with Gasteiger partial charge < -0.3 is 42.9 Å². The number of benzene rings is 2. The van der Waals surface area contributed by atoms with E-state index in [0.29, 0.717) is 12.2 Å². The molecule has 1 amide bonds. The van der Waals surface area contributed by atoms with Gasteiger partial charge in [-0.2, -0.15) is 0 Å². The van der Waals surface area contributed by atoms with Crippen molar-refractivity contribution < 1.29 is 56.8 Å². The summed E-state index contributed by atoms with van der Waals surface area (Å²) >= 11 is 0.930. The molecule has 2 aromatic carbocycles. The molecule has 1 N–H and O–H groups in total. The summed E-state index contributed by atoms with van der Waals surface area (Å²) in [5.41, 5.74) is 0.0274. The topological polar surface area (TPSA) is 154 Å². The summed E-state index contributed by atoms with van der Waals surface area (Å²) < 4.78 is 49.7. The van der Waals surface area contributed by atoms with Crippen molar-refractivity contribution >= 4 is 43.4 Å². The van der Waals surface area contributed by atoms with Crippen molar-refractivity contribution in [2.24, 2.45) is 5.41 Å². The zero-order valence-corrected chi connectivity index (χ0v) is 40.6.